The van der Waals surface area contributed by atoms with Crippen LogP contribution in [0.25, 0.3) is 0 Å². The van der Waals surface area contributed by atoms with Crippen LogP contribution in [0.4, 0.5) is 0 Å². The van der Waals surface area contributed by atoms with Crippen LogP contribution in [0.5, 0.6) is 0 Å². The highest BCUT2D eigenvalue weighted by Crippen LogP contribution is 2.08. The molecule has 0 N–H and O–H groups in total. The first-order valence-corrected chi connectivity index (χ1v) is 9.43. The fraction of sp³-hybridized carbons (Fsp3) is 0.368. The summed E-state index contributed by atoms with van der Waals surface area (Å²) in [6, 6.07) is 13.9. The van der Waals surface area contributed by atoms with Crippen molar-refractivity contribution in [2.75, 3.05) is 0 Å². The molecule has 0 radical (unpaired) electrons. The van der Waals surface area contributed by atoms with E-state index in [-0.39, 0.29) is 21.2 Å². The molecule has 0 heterocycles. The van der Waals surface area contributed by atoms with Gasteiger partial charge >= 0.3 is 21.2 Å². The SMILES string of the molecule is Cc1cc(C)c([I+]c2ccc(CC(C)C)cc2)c(C)c1. The van der Waals surface area contributed by atoms with Crippen LogP contribution in [-0.4, -0.2) is 0 Å². The van der Waals surface area contributed by atoms with Crippen molar-refractivity contribution in [1.29, 1.82) is 0 Å². The number of hydrogen-bond donors (Lipinski definition) is 0. The second-order valence-electron chi connectivity index (χ2n) is 6.03. The molecule has 0 atom stereocenters. The minimum atomic E-state index is -0.0614. The molecule has 0 aliphatic heterocycles. The Hall–Kier alpha value is -0.830. The molecule has 0 aliphatic carbocycles. The van der Waals surface area contributed by atoms with Gasteiger partial charge in [-0.2, -0.15) is 0 Å². The summed E-state index contributed by atoms with van der Waals surface area (Å²) in [7, 11) is 0. The van der Waals surface area contributed by atoms with Gasteiger partial charge in [-0.3, -0.25) is 0 Å². The normalized spacial score (nSPS) is 11.1. The maximum absolute atomic E-state index is 2.34. The van der Waals surface area contributed by atoms with Gasteiger partial charge in [0, 0.05) is 11.1 Å². The van der Waals surface area contributed by atoms with Crippen LogP contribution in [0.15, 0.2) is 36.4 Å². The Balaban J connectivity index is 2.18. The number of rotatable bonds is 4. The highest BCUT2D eigenvalue weighted by atomic mass is 127. The quantitative estimate of drug-likeness (QED) is 0.713. The summed E-state index contributed by atoms with van der Waals surface area (Å²) in [5, 5.41) is 0. The number of halogens is 1. The molecule has 0 unspecified atom stereocenters. The van der Waals surface area contributed by atoms with Crippen LogP contribution in [0, 0.1) is 33.8 Å². The van der Waals surface area contributed by atoms with E-state index in [9.17, 15) is 0 Å². The van der Waals surface area contributed by atoms with Crippen LogP contribution < -0.4 is 21.2 Å². The van der Waals surface area contributed by atoms with Crippen molar-refractivity contribution in [3.8, 4) is 0 Å². The Labute approximate surface area is 133 Å². The highest BCUT2D eigenvalue weighted by Gasteiger charge is 2.21. The third kappa shape index (κ3) is 4.08. The lowest BCUT2D eigenvalue weighted by Crippen LogP contribution is -3.62. The van der Waals surface area contributed by atoms with E-state index in [2.05, 4.69) is 71.0 Å². The van der Waals surface area contributed by atoms with Crippen LogP contribution >= 0.6 is 0 Å². The zero-order valence-corrected chi connectivity index (χ0v) is 15.3. The Morgan fingerprint density at radius 3 is 1.95 bits per heavy atom. The lowest BCUT2D eigenvalue weighted by atomic mass is 10.0. The van der Waals surface area contributed by atoms with Gasteiger partial charge in [-0.25, -0.2) is 0 Å². The summed E-state index contributed by atoms with van der Waals surface area (Å²) in [5.41, 5.74) is 5.76. The second-order valence-corrected chi connectivity index (χ2v) is 8.90. The molecule has 1 heteroatoms. The minimum Gasteiger partial charge on any atom is -0.0625 e. The highest BCUT2D eigenvalue weighted by molar-refractivity contribution is 5.27. The molecule has 2 rings (SSSR count). The van der Waals surface area contributed by atoms with Crippen LogP contribution in [-0.2, 0) is 6.42 Å². The van der Waals surface area contributed by atoms with E-state index < -0.39 is 0 Å². The molecule has 2 aromatic rings. The maximum Gasteiger partial charge on any atom is 0.358 e. The lowest BCUT2D eigenvalue weighted by Gasteiger charge is -2.04. The van der Waals surface area contributed by atoms with E-state index in [1.165, 1.54) is 32.2 Å². The molecule has 0 aromatic heterocycles. The number of benzene rings is 2. The van der Waals surface area contributed by atoms with E-state index in [1.54, 1.807) is 3.57 Å². The molecule has 0 bridgehead atoms. The minimum absolute atomic E-state index is 0.0614. The van der Waals surface area contributed by atoms with E-state index >= 15 is 0 Å². The average molecular weight is 379 g/mol. The first-order valence-electron chi connectivity index (χ1n) is 7.27. The summed E-state index contributed by atoms with van der Waals surface area (Å²) in [6.07, 6.45) is 1.18. The molecular weight excluding hydrogens is 355 g/mol. The molecule has 0 fully saturated rings. The molecule has 0 nitrogen and oxygen atoms in total. The fourth-order valence-corrected chi connectivity index (χ4v) is 5.08. The number of aryl methyl sites for hydroxylation is 3. The van der Waals surface area contributed by atoms with E-state index in [4.69, 9.17) is 0 Å². The fourth-order valence-electron chi connectivity index (χ4n) is 2.58. The van der Waals surface area contributed by atoms with Gasteiger partial charge in [0.25, 0.3) is 0 Å². The van der Waals surface area contributed by atoms with Crippen molar-refractivity contribution >= 4 is 0 Å². The average Bonchev–Trinajstić information content (AvgIpc) is 2.35. The molecule has 106 valence electrons. The smallest absolute Gasteiger partial charge is 0.0625 e. The van der Waals surface area contributed by atoms with Crippen molar-refractivity contribution in [3.63, 3.8) is 0 Å². The van der Waals surface area contributed by atoms with Gasteiger partial charge in [-0.05, 0) is 50.8 Å². The molecule has 2 aromatic carbocycles. The van der Waals surface area contributed by atoms with Gasteiger partial charge in [0.2, 0.25) is 0 Å². The molecule has 0 saturated heterocycles. The van der Waals surface area contributed by atoms with Crippen molar-refractivity contribution in [2.45, 2.75) is 41.0 Å². The topological polar surface area (TPSA) is 0 Å². The van der Waals surface area contributed by atoms with Crippen LogP contribution in [0.1, 0.15) is 36.1 Å². The van der Waals surface area contributed by atoms with Crippen molar-refractivity contribution in [3.05, 3.63) is 65.8 Å². The Bertz CT molecular complexity index is 556. The maximum atomic E-state index is 2.34. The standard InChI is InChI=1S/C19H24I/c1-13(2)10-17-6-8-18(9-7-17)20-19-15(4)11-14(3)12-16(19)5/h6-9,11-13H,10H2,1-5H3/q+1. The van der Waals surface area contributed by atoms with E-state index in [0.717, 1.165) is 5.92 Å². The van der Waals surface area contributed by atoms with E-state index in [1.807, 2.05) is 0 Å². The van der Waals surface area contributed by atoms with Crippen LogP contribution in [0.2, 0.25) is 0 Å². The molecule has 0 spiro atoms. The van der Waals surface area contributed by atoms with Crippen molar-refractivity contribution in [1.82, 2.24) is 0 Å². The lowest BCUT2D eigenvalue weighted by molar-refractivity contribution is -0.598. The third-order valence-corrected chi connectivity index (χ3v) is 6.92. The molecule has 0 amide bonds. The van der Waals surface area contributed by atoms with Crippen LogP contribution in [0.3, 0.4) is 0 Å². The van der Waals surface area contributed by atoms with Gasteiger partial charge in [0.15, 0.2) is 7.14 Å². The molecular formula is C19H24I+. The summed E-state index contributed by atoms with van der Waals surface area (Å²) in [6.45, 7) is 11.2. The zero-order valence-electron chi connectivity index (χ0n) is 13.1. The first kappa shape index (κ1) is 15.6. The molecule has 20 heavy (non-hydrogen) atoms. The summed E-state index contributed by atoms with van der Waals surface area (Å²) >= 11 is -0.0614. The van der Waals surface area contributed by atoms with Crippen molar-refractivity contribution in [2.24, 2.45) is 5.92 Å². The molecule has 0 aliphatic rings. The Morgan fingerprint density at radius 1 is 0.900 bits per heavy atom. The largest absolute Gasteiger partial charge is 0.358 e. The zero-order chi connectivity index (χ0) is 14.7. The van der Waals surface area contributed by atoms with Gasteiger partial charge in [-0.1, -0.05) is 43.7 Å². The number of hydrogen-bond acceptors (Lipinski definition) is 0. The monoisotopic (exact) mass is 379 g/mol. The van der Waals surface area contributed by atoms with Gasteiger partial charge < -0.3 is 0 Å². The summed E-state index contributed by atoms with van der Waals surface area (Å²) < 4.78 is 3.11. The predicted molar refractivity (Wildman–Crippen MR) is 83.0 cm³/mol. The summed E-state index contributed by atoms with van der Waals surface area (Å²) in [5.74, 6) is 0.733. The predicted octanol–water partition coefficient (Wildman–Crippen LogP) is 1.94. The first-order chi connectivity index (χ1) is 9.45. The van der Waals surface area contributed by atoms with Gasteiger partial charge in [-0.15, -0.1) is 0 Å². The van der Waals surface area contributed by atoms with E-state index in [0.29, 0.717) is 0 Å². The molecule has 0 saturated carbocycles. The second kappa shape index (κ2) is 6.75. The van der Waals surface area contributed by atoms with Crippen molar-refractivity contribution < 1.29 is 21.2 Å². The van der Waals surface area contributed by atoms with Gasteiger partial charge in [0.05, 0.1) is 0 Å². The van der Waals surface area contributed by atoms with Gasteiger partial charge in [0.1, 0.15) is 0 Å². The third-order valence-electron chi connectivity index (χ3n) is 3.34. The Morgan fingerprint density at radius 2 is 1.45 bits per heavy atom. The Kier molecular flexibility index (Phi) is 5.25. The summed E-state index contributed by atoms with van der Waals surface area (Å²) in [4.78, 5) is 0.